The number of hydrogen-bond donors (Lipinski definition) is 0. The number of carbonyl (C=O) groups is 3. The minimum Gasteiger partial charge on any atom is -0.461 e. The molecule has 1 aliphatic heterocycles. The number of rotatable bonds is 4. The Morgan fingerprint density at radius 1 is 1.31 bits per heavy atom. The van der Waals surface area contributed by atoms with E-state index in [-0.39, 0.29) is 36.3 Å². The van der Waals surface area contributed by atoms with Crippen LogP contribution >= 0.6 is 0 Å². The van der Waals surface area contributed by atoms with Gasteiger partial charge in [-0.2, -0.15) is 0 Å². The van der Waals surface area contributed by atoms with Crippen LogP contribution in [0.15, 0.2) is 36.0 Å². The van der Waals surface area contributed by atoms with E-state index in [1.807, 2.05) is 0 Å². The van der Waals surface area contributed by atoms with Gasteiger partial charge >= 0.3 is 11.9 Å². The zero-order valence-electron chi connectivity index (χ0n) is 15.6. The highest BCUT2D eigenvalue weighted by Gasteiger charge is 2.40. The summed E-state index contributed by atoms with van der Waals surface area (Å²) in [6, 6.07) is 0. The third kappa shape index (κ3) is 4.49. The van der Waals surface area contributed by atoms with Gasteiger partial charge in [0.15, 0.2) is 5.78 Å². The normalized spacial score (nSPS) is 29.1. The molecule has 0 aromatic heterocycles. The Hall–Kier alpha value is -2.21. The molecule has 3 atom stereocenters. The largest absolute Gasteiger partial charge is 0.461 e. The van der Waals surface area contributed by atoms with Gasteiger partial charge < -0.3 is 14.2 Å². The van der Waals surface area contributed by atoms with Gasteiger partial charge in [0.25, 0.3) is 0 Å². The van der Waals surface area contributed by atoms with E-state index in [0.717, 1.165) is 5.57 Å². The molecule has 1 heterocycles. The molecule has 1 saturated heterocycles. The Morgan fingerprint density at radius 2 is 2.00 bits per heavy atom. The molecule has 0 saturated carbocycles. The van der Waals surface area contributed by atoms with Crippen LogP contribution in [0.3, 0.4) is 0 Å². The SMILES string of the molecule is C=C1C(=O)C[C@H]2C(=C)C(=O)O[C@@H]2/C=C(\COC(=O)C(C)C)CC[C@H]1OC. The first-order chi connectivity index (χ1) is 12.2. The molecule has 1 fully saturated rings. The van der Waals surface area contributed by atoms with Gasteiger partial charge in [-0.1, -0.05) is 27.0 Å². The topological polar surface area (TPSA) is 78.9 Å². The molecule has 26 heavy (non-hydrogen) atoms. The third-order valence-electron chi connectivity index (χ3n) is 4.78. The zero-order valence-corrected chi connectivity index (χ0v) is 15.6. The summed E-state index contributed by atoms with van der Waals surface area (Å²) in [7, 11) is 1.53. The third-order valence-corrected chi connectivity index (χ3v) is 4.78. The van der Waals surface area contributed by atoms with Crippen LogP contribution < -0.4 is 0 Å². The molecule has 0 bridgehead atoms. The number of carbonyl (C=O) groups excluding carboxylic acids is 3. The average Bonchev–Trinajstić information content (AvgIpc) is 2.86. The first kappa shape index (κ1) is 20.1. The molecule has 2 aliphatic rings. The molecular weight excluding hydrogens is 336 g/mol. The van der Waals surface area contributed by atoms with Gasteiger partial charge in [-0.05, 0) is 24.5 Å². The summed E-state index contributed by atoms with van der Waals surface area (Å²) in [5, 5.41) is 0. The first-order valence-corrected chi connectivity index (χ1v) is 8.75. The fourth-order valence-corrected chi connectivity index (χ4v) is 3.05. The summed E-state index contributed by atoms with van der Waals surface area (Å²) in [4.78, 5) is 36.2. The molecule has 0 aromatic rings. The number of ether oxygens (including phenoxy) is 3. The molecule has 142 valence electrons. The summed E-state index contributed by atoms with van der Waals surface area (Å²) in [6.45, 7) is 11.3. The fraction of sp³-hybridized carbons (Fsp3) is 0.550. The number of hydrogen-bond acceptors (Lipinski definition) is 6. The monoisotopic (exact) mass is 362 g/mol. The quantitative estimate of drug-likeness (QED) is 0.434. The Balaban J connectivity index is 2.28. The molecule has 0 radical (unpaired) electrons. The van der Waals surface area contributed by atoms with E-state index in [1.165, 1.54) is 7.11 Å². The smallest absolute Gasteiger partial charge is 0.334 e. The van der Waals surface area contributed by atoms with Gasteiger partial charge in [-0.3, -0.25) is 9.59 Å². The van der Waals surface area contributed by atoms with Gasteiger partial charge in [0.2, 0.25) is 0 Å². The van der Waals surface area contributed by atoms with E-state index in [2.05, 4.69) is 13.2 Å². The van der Waals surface area contributed by atoms with Crippen LogP contribution in [-0.2, 0) is 28.6 Å². The van der Waals surface area contributed by atoms with Gasteiger partial charge in [0.1, 0.15) is 12.7 Å². The lowest BCUT2D eigenvalue weighted by atomic mass is 9.85. The molecule has 0 unspecified atom stereocenters. The van der Waals surface area contributed by atoms with E-state index in [0.29, 0.717) is 18.4 Å². The van der Waals surface area contributed by atoms with Crippen molar-refractivity contribution in [2.24, 2.45) is 11.8 Å². The van der Waals surface area contributed by atoms with Crippen molar-refractivity contribution in [3.8, 4) is 0 Å². The molecule has 2 rings (SSSR count). The number of Topliss-reactive ketones (excluding diaryl/α,β-unsaturated/α-hetero) is 1. The predicted molar refractivity (Wildman–Crippen MR) is 95.2 cm³/mol. The maximum absolute atomic E-state index is 12.5. The number of ketones is 1. The van der Waals surface area contributed by atoms with Crippen molar-refractivity contribution < 1.29 is 28.6 Å². The van der Waals surface area contributed by atoms with Crippen LogP contribution in [0, 0.1) is 11.8 Å². The molecule has 0 aromatic carbocycles. The summed E-state index contributed by atoms with van der Waals surface area (Å²) >= 11 is 0. The standard InChI is InChI=1S/C20H26O6/c1-11(2)19(22)25-10-14-6-7-17(24-5)13(4)16(21)9-15-12(3)20(23)26-18(15)8-14/h8,11,15,17-18H,3-4,6-7,9-10H2,1-2,5H3/b14-8-/t15-,17+,18+/m0/s1. The van der Waals surface area contributed by atoms with Gasteiger partial charge in [-0.15, -0.1) is 0 Å². The van der Waals surface area contributed by atoms with E-state index < -0.39 is 24.1 Å². The van der Waals surface area contributed by atoms with Crippen molar-refractivity contribution in [2.45, 2.75) is 45.3 Å². The van der Waals surface area contributed by atoms with Crippen LogP contribution in [0.1, 0.15) is 33.1 Å². The molecular formula is C20H26O6. The van der Waals surface area contributed by atoms with Crippen molar-refractivity contribution in [1.29, 1.82) is 0 Å². The van der Waals surface area contributed by atoms with Crippen LogP contribution in [0.2, 0.25) is 0 Å². The summed E-state index contributed by atoms with van der Waals surface area (Å²) in [5.74, 6) is -1.63. The summed E-state index contributed by atoms with van der Waals surface area (Å²) in [6.07, 6.45) is 1.92. The second-order valence-electron chi connectivity index (χ2n) is 7.00. The Labute approximate surface area is 153 Å². The maximum atomic E-state index is 12.5. The van der Waals surface area contributed by atoms with E-state index in [9.17, 15) is 14.4 Å². The Morgan fingerprint density at radius 3 is 2.62 bits per heavy atom. The van der Waals surface area contributed by atoms with E-state index >= 15 is 0 Å². The minimum absolute atomic E-state index is 0.0868. The zero-order chi connectivity index (χ0) is 19.4. The molecule has 0 N–H and O–H groups in total. The van der Waals surface area contributed by atoms with Crippen LogP contribution in [0.25, 0.3) is 0 Å². The van der Waals surface area contributed by atoms with Crippen molar-refractivity contribution in [3.63, 3.8) is 0 Å². The van der Waals surface area contributed by atoms with Crippen molar-refractivity contribution in [2.75, 3.05) is 13.7 Å². The first-order valence-electron chi connectivity index (χ1n) is 8.75. The van der Waals surface area contributed by atoms with Gasteiger partial charge in [0.05, 0.1) is 12.0 Å². The van der Waals surface area contributed by atoms with E-state index in [4.69, 9.17) is 14.2 Å². The molecule has 6 heteroatoms. The lowest BCUT2D eigenvalue weighted by molar-refractivity contribution is -0.146. The minimum atomic E-state index is -0.585. The van der Waals surface area contributed by atoms with Crippen molar-refractivity contribution in [1.82, 2.24) is 0 Å². The van der Waals surface area contributed by atoms with E-state index in [1.54, 1.807) is 19.9 Å². The Bertz CT molecular complexity index is 657. The van der Waals surface area contributed by atoms with Gasteiger partial charge in [0, 0.05) is 30.6 Å². The van der Waals surface area contributed by atoms with Crippen molar-refractivity contribution >= 4 is 17.7 Å². The van der Waals surface area contributed by atoms with Gasteiger partial charge in [-0.25, -0.2) is 4.79 Å². The highest BCUT2D eigenvalue weighted by Crippen LogP contribution is 2.34. The second-order valence-corrected chi connectivity index (χ2v) is 7.00. The fourth-order valence-electron chi connectivity index (χ4n) is 3.05. The maximum Gasteiger partial charge on any atom is 0.334 e. The lowest BCUT2D eigenvalue weighted by Gasteiger charge is -2.23. The van der Waals surface area contributed by atoms with Crippen LogP contribution in [0.5, 0.6) is 0 Å². The summed E-state index contributed by atoms with van der Waals surface area (Å²) in [5.41, 5.74) is 1.47. The molecule has 0 amide bonds. The molecule has 0 spiro atoms. The van der Waals surface area contributed by atoms with Crippen molar-refractivity contribution in [3.05, 3.63) is 36.0 Å². The second kappa shape index (κ2) is 8.45. The highest BCUT2D eigenvalue weighted by molar-refractivity contribution is 5.98. The lowest BCUT2D eigenvalue weighted by Crippen LogP contribution is -2.27. The highest BCUT2D eigenvalue weighted by atomic mass is 16.6. The number of methoxy groups -OCH3 is 1. The summed E-state index contributed by atoms with van der Waals surface area (Å²) < 4.78 is 16.1. The molecule has 1 aliphatic carbocycles. The Kier molecular flexibility index (Phi) is 6.53. The number of esters is 2. The van der Waals surface area contributed by atoms with Crippen LogP contribution in [-0.4, -0.2) is 43.6 Å². The molecule has 6 nitrogen and oxygen atoms in total. The average molecular weight is 362 g/mol. The van der Waals surface area contributed by atoms with Crippen LogP contribution in [0.4, 0.5) is 0 Å². The predicted octanol–water partition coefficient (Wildman–Crippen LogP) is 2.53. The number of fused-ring (bicyclic) bond motifs is 1.